The molecule has 0 fully saturated rings. The van der Waals surface area contributed by atoms with E-state index in [-0.39, 0.29) is 0 Å². The summed E-state index contributed by atoms with van der Waals surface area (Å²) in [5.41, 5.74) is 2.41. The number of nitrogens with one attached hydrogen (secondary N) is 1. The van der Waals surface area contributed by atoms with E-state index in [1.165, 1.54) is 5.56 Å². The predicted molar refractivity (Wildman–Crippen MR) is 72.5 cm³/mol. The van der Waals surface area contributed by atoms with Crippen molar-refractivity contribution in [3.8, 4) is 0 Å². The van der Waals surface area contributed by atoms with Gasteiger partial charge in [-0.3, -0.25) is 0 Å². The van der Waals surface area contributed by atoms with Gasteiger partial charge in [0.2, 0.25) is 0 Å². The van der Waals surface area contributed by atoms with E-state index in [9.17, 15) is 0 Å². The van der Waals surface area contributed by atoms with Crippen LogP contribution < -0.4 is 5.32 Å². The summed E-state index contributed by atoms with van der Waals surface area (Å²) >= 11 is 0. The molecule has 0 radical (unpaired) electrons. The average molecular weight is 213 g/mol. The van der Waals surface area contributed by atoms with Crippen molar-refractivity contribution in [1.29, 1.82) is 0 Å². The molecule has 0 amide bonds. The Morgan fingerprint density at radius 1 is 1.12 bits per heavy atom. The second-order valence-corrected chi connectivity index (χ2v) is 3.55. The number of benzene rings is 1. The smallest absolute Gasteiger partial charge is 0.0409 e. The Morgan fingerprint density at radius 3 is 2.69 bits per heavy atom. The van der Waals surface area contributed by atoms with Gasteiger partial charge in [-0.15, -0.1) is 0 Å². The summed E-state index contributed by atoms with van der Waals surface area (Å²) in [6, 6.07) is 8.24. The number of hydrogen-bond acceptors (Lipinski definition) is 1. The molecular formula is C15H19N. The molecule has 0 saturated heterocycles. The summed E-state index contributed by atoms with van der Waals surface area (Å²) < 4.78 is 0. The molecule has 84 valence electrons. The molecule has 0 saturated carbocycles. The summed E-state index contributed by atoms with van der Waals surface area (Å²) in [7, 11) is 0. The van der Waals surface area contributed by atoms with Gasteiger partial charge in [0.05, 0.1) is 0 Å². The number of hydrogen-bond donors (Lipinski definition) is 1. The van der Waals surface area contributed by atoms with Gasteiger partial charge in [0.25, 0.3) is 0 Å². The van der Waals surface area contributed by atoms with Gasteiger partial charge in [-0.25, -0.2) is 0 Å². The van der Waals surface area contributed by atoms with Crippen molar-refractivity contribution in [3.05, 3.63) is 66.4 Å². The van der Waals surface area contributed by atoms with Crippen molar-refractivity contribution in [2.75, 3.05) is 5.32 Å². The van der Waals surface area contributed by atoms with Crippen molar-refractivity contribution in [1.82, 2.24) is 0 Å². The van der Waals surface area contributed by atoms with Crippen LogP contribution in [0.25, 0.3) is 0 Å². The maximum atomic E-state index is 3.25. The van der Waals surface area contributed by atoms with E-state index in [1.54, 1.807) is 0 Å². The molecule has 1 nitrogen and oxygen atoms in total. The van der Waals surface area contributed by atoms with Crippen LogP contribution in [0.5, 0.6) is 0 Å². The van der Waals surface area contributed by atoms with Gasteiger partial charge in [0.1, 0.15) is 0 Å². The minimum Gasteiger partial charge on any atom is -0.361 e. The fourth-order valence-electron chi connectivity index (χ4n) is 1.30. The zero-order valence-electron chi connectivity index (χ0n) is 9.98. The molecular weight excluding hydrogens is 194 g/mol. The van der Waals surface area contributed by atoms with Crippen LogP contribution in [0.4, 0.5) is 5.69 Å². The van der Waals surface area contributed by atoms with Gasteiger partial charge < -0.3 is 5.32 Å². The van der Waals surface area contributed by atoms with Gasteiger partial charge >= 0.3 is 0 Å². The van der Waals surface area contributed by atoms with Crippen LogP contribution in [-0.2, 0) is 0 Å². The molecule has 0 aliphatic heterocycles. The summed E-state index contributed by atoms with van der Waals surface area (Å²) in [5.74, 6) is 0. The van der Waals surface area contributed by atoms with E-state index in [0.717, 1.165) is 12.1 Å². The Hall–Kier alpha value is -1.76. The Balaban J connectivity index is 2.37. The van der Waals surface area contributed by atoms with Crippen molar-refractivity contribution in [2.24, 2.45) is 0 Å². The van der Waals surface area contributed by atoms with Crippen LogP contribution in [0.1, 0.15) is 18.9 Å². The van der Waals surface area contributed by atoms with Crippen LogP contribution >= 0.6 is 0 Å². The Bertz CT molecular complexity index is 386. The topological polar surface area (TPSA) is 12.0 Å². The molecule has 0 spiro atoms. The molecule has 0 aliphatic rings. The standard InChI is InChI=1S/C15H19N/c1-3-4-5-6-7-10-13-16-15-12-9-8-11-14(15)2/h3-4,6-13,16H,5H2,1-2H3/b4-3-,7-6+,13-10+. The minimum atomic E-state index is 0.991. The molecule has 0 unspecified atom stereocenters. The maximum absolute atomic E-state index is 3.25. The number of para-hydroxylation sites is 1. The van der Waals surface area contributed by atoms with Crippen molar-refractivity contribution in [3.63, 3.8) is 0 Å². The quantitative estimate of drug-likeness (QED) is 0.563. The highest BCUT2D eigenvalue weighted by molar-refractivity contribution is 5.52. The number of rotatable bonds is 5. The maximum Gasteiger partial charge on any atom is 0.0409 e. The van der Waals surface area contributed by atoms with Crippen molar-refractivity contribution < 1.29 is 0 Å². The van der Waals surface area contributed by atoms with Gasteiger partial charge in [-0.2, -0.15) is 0 Å². The zero-order valence-corrected chi connectivity index (χ0v) is 9.98. The highest BCUT2D eigenvalue weighted by Gasteiger charge is 1.90. The van der Waals surface area contributed by atoms with E-state index in [2.05, 4.69) is 42.6 Å². The summed E-state index contributed by atoms with van der Waals surface area (Å²) in [5, 5.41) is 3.25. The molecule has 1 rings (SSSR count). The third-order valence-electron chi connectivity index (χ3n) is 2.24. The zero-order chi connectivity index (χ0) is 11.6. The Morgan fingerprint density at radius 2 is 1.94 bits per heavy atom. The lowest BCUT2D eigenvalue weighted by molar-refractivity contribution is 1.38. The fraction of sp³-hybridized carbons (Fsp3) is 0.200. The van der Waals surface area contributed by atoms with E-state index < -0.39 is 0 Å². The normalized spacial score (nSPS) is 11.9. The third-order valence-corrected chi connectivity index (χ3v) is 2.24. The van der Waals surface area contributed by atoms with Crippen molar-refractivity contribution >= 4 is 5.69 Å². The molecule has 16 heavy (non-hydrogen) atoms. The first kappa shape index (κ1) is 12.3. The molecule has 1 aromatic carbocycles. The second kappa shape index (κ2) is 7.52. The number of aryl methyl sites for hydroxylation is 1. The van der Waals surface area contributed by atoms with E-state index in [1.807, 2.05) is 37.4 Å². The number of allylic oxidation sites excluding steroid dienone is 5. The van der Waals surface area contributed by atoms with Crippen LogP contribution in [0.2, 0.25) is 0 Å². The predicted octanol–water partition coefficient (Wildman–Crippen LogP) is 4.44. The molecule has 0 aromatic heterocycles. The highest BCUT2D eigenvalue weighted by Crippen LogP contribution is 2.12. The van der Waals surface area contributed by atoms with Crippen LogP contribution in [-0.4, -0.2) is 0 Å². The second-order valence-electron chi connectivity index (χ2n) is 3.55. The summed E-state index contributed by atoms with van der Waals surface area (Å²) in [6.07, 6.45) is 13.3. The van der Waals surface area contributed by atoms with E-state index in [4.69, 9.17) is 0 Å². The third kappa shape index (κ3) is 4.65. The SMILES string of the molecule is C/C=C\C/C=C/C=C/Nc1ccccc1C. The largest absolute Gasteiger partial charge is 0.361 e. The van der Waals surface area contributed by atoms with Crippen molar-refractivity contribution in [2.45, 2.75) is 20.3 Å². The first-order chi connectivity index (χ1) is 7.84. The Kier molecular flexibility index (Phi) is 5.79. The van der Waals surface area contributed by atoms with Gasteiger partial charge in [-0.1, -0.05) is 42.5 Å². The molecule has 0 bridgehead atoms. The van der Waals surface area contributed by atoms with Crippen LogP contribution in [0.3, 0.4) is 0 Å². The first-order valence-corrected chi connectivity index (χ1v) is 5.59. The van der Waals surface area contributed by atoms with Crippen LogP contribution in [0.15, 0.2) is 60.8 Å². The van der Waals surface area contributed by atoms with Crippen LogP contribution in [0, 0.1) is 6.92 Å². The minimum absolute atomic E-state index is 0.991. The molecule has 1 heteroatoms. The highest BCUT2D eigenvalue weighted by atomic mass is 14.8. The molecule has 1 N–H and O–H groups in total. The summed E-state index contributed by atoms with van der Waals surface area (Å²) in [4.78, 5) is 0. The van der Waals surface area contributed by atoms with Gasteiger partial charge in [-0.05, 0) is 38.0 Å². The number of anilines is 1. The lowest BCUT2D eigenvalue weighted by Gasteiger charge is -2.03. The average Bonchev–Trinajstić information content (AvgIpc) is 2.30. The monoisotopic (exact) mass is 213 g/mol. The summed E-state index contributed by atoms with van der Waals surface area (Å²) in [6.45, 7) is 4.13. The molecule has 0 atom stereocenters. The fourth-order valence-corrected chi connectivity index (χ4v) is 1.30. The van der Waals surface area contributed by atoms with E-state index in [0.29, 0.717) is 0 Å². The molecule has 0 aliphatic carbocycles. The van der Waals surface area contributed by atoms with Gasteiger partial charge in [0.15, 0.2) is 0 Å². The van der Waals surface area contributed by atoms with E-state index >= 15 is 0 Å². The lowest BCUT2D eigenvalue weighted by atomic mass is 10.2. The van der Waals surface area contributed by atoms with Gasteiger partial charge in [0, 0.05) is 11.9 Å². The lowest BCUT2D eigenvalue weighted by Crippen LogP contribution is -1.89. The first-order valence-electron chi connectivity index (χ1n) is 5.59. The Labute approximate surface area is 98.2 Å². The molecule has 1 aromatic rings. The molecule has 0 heterocycles.